The minimum atomic E-state index is -0.216. The van der Waals surface area contributed by atoms with Gasteiger partial charge < -0.3 is 20.3 Å². The van der Waals surface area contributed by atoms with Crippen molar-refractivity contribution in [3.63, 3.8) is 0 Å². The van der Waals surface area contributed by atoms with Crippen molar-refractivity contribution in [2.24, 2.45) is 0 Å². The Bertz CT molecular complexity index is 628. The van der Waals surface area contributed by atoms with Crippen molar-refractivity contribution >= 4 is 11.9 Å². The molecule has 0 spiro atoms. The summed E-state index contributed by atoms with van der Waals surface area (Å²) in [5.41, 5.74) is 1.01. The van der Waals surface area contributed by atoms with E-state index in [2.05, 4.69) is 10.6 Å². The molecule has 1 saturated carbocycles. The minimum Gasteiger partial charge on any atom is -0.490 e. The molecule has 0 bridgehead atoms. The summed E-state index contributed by atoms with van der Waals surface area (Å²) in [6.45, 7) is 3.72. The Morgan fingerprint density at radius 3 is 2.85 bits per heavy atom. The van der Waals surface area contributed by atoms with E-state index in [1.165, 1.54) is 12.8 Å². The number of ether oxygens (including phenoxy) is 1. The summed E-state index contributed by atoms with van der Waals surface area (Å²) in [4.78, 5) is 25.6. The van der Waals surface area contributed by atoms with Crippen LogP contribution in [0.4, 0.5) is 4.79 Å². The van der Waals surface area contributed by atoms with Crippen molar-refractivity contribution in [3.05, 3.63) is 29.8 Å². The van der Waals surface area contributed by atoms with Gasteiger partial charge in [-0.05, 0) is 56.7 Å². The van der Waals surface area contributed by atoms with E-state index in [1.807, 2.05) is 36.1 Å². The maximum atomic E-state index is 12.1. The number of carbonyl (C=O) groups is 2. The number of nitrogens with zero attached hydrogens (tertiary/aromatic N) is 1. The number of hydrogen-bond donors (Lipinski definition) is 2. The number of benzene rings is 1. The molecule has 26 heavy (non-hydrogen) atoms. The van der Waals surface area contributed by atoms with E-state index in [4.69, 9.17) is 4.74 Å². The summed E-state index contributed by atoms with van der Waals surface area (Å²) in [5.74, 6) is 1.05. The zero-order chi connectivity index (χ0) is 18.4. The third-order valence-electron chi connectivity index (χ3n) is 5.00. The van der Waals surface area contributed by atoms with Crippen LogP contribution in [0.5, 0.6) is 5.75 Å². The molecule has 2 aliphatic rings. The van der Waals surface area contributed by atoms with Gasteiger partial charge in [0, 0.05) is 32.1 Å². The molecule has 1 aromatic rings. The van der Waals surface area contributed by atoms with Crippen molar-refractivity contribution in [2.75, 3.05) is 13.1 Å². The van der Waals surface area contributed by atoms with Crippen LogP contribution in [0.3, 0.4) is 0 Å². The molecule has 6 nitrogen and oxygen atoms in total. The van der Waals surface area contributed by atoms with Crippen LogP contribution in [0.15, 0.2) is 24.3 Å². The molecular weight excluding hydrogens is 330 g/mol. The lowest BCUT2D eigenvalue weighted by molar-refractivity contribution is -0.127. The predicted molar refractivity (Wildman–Crippen MR) is 100.0 cm³/mol. The second kappa shape index (κ2) is 8.92. The maximum Gasteiger partial charge on any atom is 0.315 e. The fraction of sp³-hybridized carbons (Fsp3) is 0.600. The molecule has 3 rings (SSSR count). The second-order valence-corrected chi connectivity index (χ2v) is 7.34. The van der Waals surface area contributed by atoms with Gasteiger partial charge in [0.2, 0.25) is 5.91 Å². The van der Waals surface area contributed by atoms with Gasteiger partial charge in [0.1, 0.15) is 5.75 Å². The van der Waals surface area contributed by atoms with E-state index in [0.29, 0.717) is 25.6 Å². The monoisotopic (exact) mass is 359 g/mol. The molecule has 1 heterocycles. The maximum absolute atomic E-state index is 12.1. The van der Waals surface area contributed by atoms with Crippen LogP contribution in [-0.4, -0.2) is 42.1 Å². The number of likely N-dealkylation sites (tertiary alicyclic amines) is 1. The van der Waals surface area contributed by atoms with Gasteiger partial charge in [0.05, 0.1) is 6.10 Å². The molecule has 0 aromatic heterocycles. The zero-order valence-corrected chi connectivity index (χ0v) is 15.5. The van der Waals surface area contributed by atoms with Gasteiger partial charge in [0.15, 0.2) is 0 Å². The van der Waals surface area contributed by atoms with Crippen LogP contribution in [0.1, 0.15) is 51.0 Å². The minimum absolute atomic E-state index is 0.0749. The first-order valence-electron chi connectivity index (χ1n) is 9.68. The Morgan fingerprint density at radius 2 is 2.12 bits per heavy atom. The summed E-state index contributed by atoms with van der Waals surface area (Å²) >= 11 is 0. The topological polar surface area (TPSA) is 70.7 Å². The molecule has 3 amide bonds. The first-order chi connectivity index (χ1) is 12.6. The Kier molecular flexibility index (Phi) is 6.36. The molecule has 2 fully saturated rings. The van der Waals surface area contributed by atoms with Crippen molar-refractivity contribution < 1.29 is 14.3 Å². The van der Waals surface area contributed by atoms with E-state index >= 15 is 0 Å². The lowest BCUT2D eigenvalue weighted by Gasteiger charge is -2.21. The largest absolute Gasteiger partial charge is 0.490 e. The van der Waals surface area contributed by atoms with Crippen molar-refractivity contribution in [3.8, 4) is 5.75 Å². The molecule has 0 radical (unpaired) electrons. The summed E-state index contributed by atoms with van der Waals surface area (Å²) in [6.07, 6.45) is 6.61. The summed E-state index contributed by atoms with van der Waals surface area (Å²) in [6, 6.07) is 7.61. The molecule has 1 unspecified atom stereocenters. The predicted octanol–water partition coefficient (Wildman–Crippen LogP) is 2.82. The molecule has 142 valence electrons. The van der Waals surface area contributed by atoms with Crippen molar-refractivity contribution in [1.29, 1.82) is 0 Å². The van der Waals surface area contributed by atoms with Gasteiger partial charge in [-0.1, -0.05) is 12.1 Å². The van der Waals surface area contributed by atoms with Gasteiger partial charge in [-0.15, -0.1) is 0 Å². The van der Waals surface area contributed by atoms with Gasteiger partial charge in [-0.25, -0.2) is 4.79 Å². The number of amides is 3. The van der Waals surface area contributed by atoms with Gasteiger partial charge in [-0.2, -0.15) is 0 Å². The van der Waals surface area contributed by atoms with E-state index in [1.54, 1.807) is 0 Å². The lowest BCUT2D eigenvalue weighted by atomic mass is 10.2. The van der Waals surface area contributed by atoms with Crippen LogP contribution in [0.2, 0.25) is 0 Å². The normalized spacial score (nSPS) is 18.8. The Labute approximate surface area is 155 Å². The lowest BCUT2D eigenvalue weighted by Crippen LogP contribution is -2.46. The van der Waals surface area contributed by atoms with Crippen molar-refractivity contribution in [1.82, 2.24) is 15.5 Å². The molecule has 2 N–H and O–H groups in total. The summed E-state index contributed by atoms with van der Waals surface area (Å²) < 4.78 is 6.01. The highest BCUT2D eigenvalue weighted by molar-refractivity contribution is 5.78. The quantitative estimate of drug-likeness (QED) is 0.786. The van der Waals surface area contributed by atoms with E-state index < -0.39 is 0 Å². The highest BCUT2D eigenvalue weighted by atomic mass is 16.5. The summed E-state index contributed by atoms with van der Waals surface area (Å²) in [5, 5.41) is 5.77. The molecule has 1 atom stereocenters. The molecule has 6 heteroatoms. The van der Waals surface area contributed by atoms with Gasteiger partial charge in [-0.3, -0.25) is 4.79 Å². The number of nitrogens with one attached hydrogen (secondary N) is 2. The third-order valence-corrected chi connectivity index (χ3v) is 5.00. The Balaban J connectivity index is 1.41. The first kappa shape index (κ1) is 18.5. The standard InChI is InChI=1S/C20H29N3O3/c1-15(14-23-11-5-10-19(23)24)22-20(25)21-13-16-6-4-9-18(12-16)26-17-7-2-3-8-17/h4,6,9,12,15,17H,2-3,5,7-8,10-11,13-14H2,1H3,(H2,21,22,25). The second-order valence-electron chi connectivity index (χ2n) is 7.34. The van der Waals surface area contributed by atoms with E-state index in [0.717, 1.165) is 37.1 Å². The van der Waals surface area contributed by atoms with Gasteiger partial charge in [0.25, 0.3) is 0 Å². The Hall–Kier alpha value is -2.24. The highest BCUT2D eigenvalue weighted by Crippen LogP contribution is 2.24. The number of hydrogen-bond acceptors (Lipinski definition) is 3. The molecule has 1 saturated heterocycles. The van der Waals surface area contributed by atoms with E-state index in [9.17, 15) is 9.59 Å². The highest BCUT2D eigenvalue weighted by Gasteiger charge is 2.22. The molecule has 1 aliphatic carbocycles. The molecule has 1 aliphatic heterocycles. The average molecular weight is 359 g/mol. The van der Waals surface area contributed by atoms with Crippen molar-refractivity contribution in [2.45, 2.75) is 64.1 Å². The molecule has 1 aromatic carbocycles. The fourth-order valence-electron chi connectivity index (χ4n) is 3.66. The summed E-state index contributed by atoms with van der Waals surface area (Å²) in [7, 11) is 0. The zero-order valence-electron chi connectivity index (χ0n) is 15.5. The average Bonchev–Trinajstić information content (AvgIpc) is 3.26. The SMILES string of the molecule is CC(CN1CCCC1=O)NC(=O)NCc1cccc(OC2CCCC2)c1. The fourth-order valence-corrected chi connectivity index (χ4v) is 3.66. The third kappa shape index (κ3) is 5.38. The number of rotatable bonds is 7. The Morgan fingerprint density at radius 1 is 1.31 bits per heavy atom. The number of carbonyl (C=O) groups excluding carboxylic acids is 2. The van der Waals surface area contributed by atoms with Crippen LogP contribution < -0.4 is 15.4 Å². The van der Waals surface area contributed by atoms with Crippen LogP contribution in [0.25, 0.3) is 0 Å². The smallest absolute Gasteiger partial charge is 0.315 e. The first-order valence-corrected chi connectivity index (χ1v) is 9.68. The van der Waals surface area contributed by atoms with Crippen LogP contribution in [0, 0.1) is 0 Å². The van der Waals surface area contributed by atoms with Gasteiger partial charge >= 0.3 is 6.03 Å². The van der Waals surface area contributed by atoms with E-state index in [-0.39, 0.29) is 18.0 Å². The van der Waals surface area contributed by atoms with Crippen LogP contribution >= 0.6 is 0 Å². The molecular formula is C20H29N3O3. The van der Waals surface area contributed by atoms with Crippen LogP contribution in [-0.2, 0) is 11.3 Å². The number of urea groups is 1.